The Kier molecular flexibility index (Phi) is 6.01. The van der Waals surface area contributed by atoms with Gasteiger partial charge in [0.15, 0.2) is 0 Å². The van der Waals surface area contributed by atoms with Gasteiger partial charge in [-0.15, -0.1) is 11.8 Å². The first-order chi connectivity index (χ1) is 8.52. The summed E-state index contributed by atoms with van der Waals surface area (Å²) in [7, 11) is 1.57. The van der Waals surface area contributed by atoms with Crippen molar-refractivity contribution in [1.82, 2.24) is 5.32 Å². The largest absolute Gasteiger partial charge is 0.358 e. The van der Waals surface area contributed by atoms with Gasteiger partial charge in [-0.05, 0) is 30.7 Å². The molecule has 4 nitrogen and oxygen atoms in total. The smallest absolute Gasteiger partial charge is 0.234 e. The maximum Gasteiger partial charge on any atom is 0.234 e. The van der Waals surface area contributed by atoms with E-state index in [-0.39, 0.29) is 23.3 Å². The molecule has 0 saturated carbocycles. The molecule has 0 atom stereocenters. The molecule has 1 aromatic rings. The highest BCUT2D eigenvalue weighted by atomic mass is 35.5. The number of benzene rings is 1. The molecule has 0 fully saturated rings. The van der Waals surface area contributed by atoms with E-state index in [2.05, 4.69) is 10.6 Å². The average Bonchev–Trinajstić information content (AvgIpc) is 2.32. The summed E-state index contributed by atoms with van der Waals surface area (Å²) in [6, 6.07) is 5.27. The van der Waals surface area contributed by atoms with Crippen molar-refractivity contribution in [2.24, 2.45) is 0 Å². The van der Waals surface area contributed by atoms with Crippen LogP contribution in [0.4, 0.5) is 5.69 Å². The predicted octanol–water partition coefficient (Wildman–Crippen LogP) is 2.07. The third-order valence-electron chi connectivity index (χ3n) is 2.21. The second-order valence-electron chi connectivity index (χ2n) is 3.67. The van der Waals surface area contributed by atoms with Gasteiger partial charge in [0, 0.05) is 17.8 Å². The third-order valence-corrected chi connectivity index (χ3v) is 3.38. The summed E-state index contributed by atoms with van der Waals surface area (Å²) in [6.45, 7) is 1.87. The van der Waals surface area contributed by atoms with Crippen LogP contribution in [0.2, 0.25) is 5.02 Å². The van der Waals surface area contributed by atoms with Crippen LogP contribution in [0.1, 0.15) is 5.56 Å². The van der Waals surface area contributed by atoms with Crippen LogP contribution in [0, 0.1) is 6.92 Å². The number of carbonyl (C=O) groups is 2. The van der Waals surface area contributed by atoms with Gasteiger partial charge in [0.05, 0.1) is 11.5 Å². The first-order valence-corrected chi connectivity index (χ1v) is 6.90. The molecule has 0 radical (unpaired) electrons. The molecule has 98 valence electrons. The molecule has 0 heterocycles. The first kappa shape index (κ1) is 14.9. The molecule has 6 heteroatoms. The number of anilines is 1. The van der Waals surface area contributed by atoms with E-state index < -0.39 is 0 Å². The molecule has 0 aliphatic carbocycles. The molecule has 0 aliphatic heterocycles. The van der Waals surface area contributed by atoms with Gasteiger partial charge in [0.2, 0.25) is 11.8 Å². The third kappa shape index (κ3) is 4.98. The maximum atomic E-state index is 11.6. The van der Waals surface area contributed by atoms with Crippen molar-refractivity contribution in [2.45, 2.75) is 6.92 Å². The van der Waals surface area contributed by atoms with Gasteiger partial charge >= 0.3 is 0 Å². The minimum absolute atomic E-state index is 0.0875. The fraction of sp³-hybridized carbons (Fsp3) is 0.333. The Labute approximate surface area is 115 Å². The number of hydrogen-bond acceptors (Lipinski definition) is 3. The number of thioether (sulfide) groups is 1. The number of aryl methyl sites for hydroxylation is 1. The van der Waals surface area contributed by atoms with E-state index in [1.165, 1.54) is 11.8 Å². The summed E-state index contributed by atoms with van der Waals surface area (Å²) in [5.74, 6) is 0.309. The number of amides is 2. The maximum absolute atomic E-state index is 11.6. The minimum Gasteiger partial charge on any atom is -0.358 e. The molecule has 18 heavy (non-hydrogen) atoms. The van der Waals surface area contributed by atoms with Crippen LogP contribution >= 0.6 is 23.4 Å². The zero-order valence-corrected chi connectivity index (χ0v) is 11.8. The fourth-order valence-corrected chi connectivity index (χ4v) is 2.18. The quantitative estimate of drug-likeness (QED) is 0.871. The molecule has 2 amide bonds. The molecule has 1 rings (SSSR count). The molecule has 0 aliphatic rings. The zero-order chi connectivity index (χ0) is 13.5. The Balaban J connectivity index is 2.42. The van der Waals surface area contributed by atoms with Crippen molar-refractivity contribution in [3.63, 3.8) is 0 Å². The first-order valence-electron chi connectivity index (χ1n) is 5.37. The summed E-state index contributed by atoms with van der Waals surface area (Å²) < 4.78 is 0. The lowest BCUT2D eigenvalue weighted by Crippen LogP contribution is -2.22. The van der Waals surface area contributed by atoms with Gasteiger partial charge in [-0.3, -0.25) is 9.59 Å². The van der Waals surface area contributed by atoms with Crippen molar-refractivity contribution in [1.29, 1.82) is 0 Å². The van der Waals surface area contributed by atoms with E-state index in [0.717, 1.165) is 11.3 Å². The van der Waals surface area contributed by atoms with Crippen molar-refractivity contribution >= 4 is 40.9 Å². The summed E-state index contributed by atoms with van der Waals surface area (Å²) in [5, 5.41) is 5.92. The second kappa shape index (κ2) is 7.28. The highest BCUT2D eigenvalue weighted by molar-refractivity contribution is 8.00. The Morgan fingerprint density at radius 2 is 1.94 bits per heavy atom. The van der Waals surface area contributed by atoms with Gasteiger partial charge in [-0.25, -0.2) is 0 Å². The van der Waals surface area contributed by atoms with E-state index >= 15 is 0 Å². The van der Waals surface area contributed by atoms with Crippen molar-refractivity contribution in [3.8, 4) is 0 Å². The molecule has 0 spiro atoms. The van der Waals surface area contributed by atoms with Gasteiger partial charge in [-0.2, -0.15) is 0 Å². The van der Waals surface area contributed by atoms with Crippen molar-refractivity contribution in [2.75, 3.05) is 23.9 Å². The van der Waals surface area contributed by atoms with Crippen LogP contribution in [-0.4, -0.2) is 30.4 Å². The molecule has 2 N–H and O–H groups in total. The molecule has 0 bridgehead atoms. The second-order valence-corrected chi connectivity index (χ2v) is 5.10. The molecule has 0 aromatic heterocycles. The van der Waals surface area contributed by atoms with E-state index in [1.54, 1.807) is 25.2 Å². The van der Waals surface area contributed by atoms with Crippen LogP contribution in [-0.2, 0) is 9.59 Å². The molecule has 1 aromatic carbocycles. The topological polar surface area (TPSA) is 58.2 Å². The standard InChI is InChI=1S/C12H15ClN2O2S/c1-8-5-9(13)3-4-10(8)15-12(17)7-18-6-11(16)14-2/h3-5H,6-7H2,1-2H3,(H,14,16)(H,15,17). The van der Waals surface area contributed by atoms with Crippen LogP contribution in [0.5, 0.6) is 0 Å². The number of rotatable bonds is 5. The van der Waals surface area contributed by atoms with Crippen molar-refractivity contribution in [3.05, 3.63) is 28.8 Å². The fourth-order valence-electron chi connectivity index (χ4n) is 1.26. The van der Waals surface area contributed by atoms with Crippen LogP contribution < -0.4 is 10.6 Å². The van der Waals surface area contributed by atoms with E-state index in [1.807, 2.05) is 6.92 Å². The van der Waals surface area contributed by atoms with E-state index in [0.29, 0.717) is 5.02 Å². The monoisotopic (exact) mass is 286 g/mol. The van der Waals surface area contributed by atoms with Gasteiger partial charge < -0.3 is 10.6 Å². The minimum atomic E-state index is -0.130. The summed E-state index contributed by atoms with van der Waals surface area (Å²) in [5.41, 5.74) is 1.65. The number of nitrogens with one attached hydrogen (secondary N) is 2. The van der Waals surface area contributed by atoms with Crippen LogP contribution in [0.25, 0.3) is 0 Å². The highest BCUT2D eigenvalue weighted by Gasteiger charge is 2.06. The Morgan fingerprint density at radius 1 is 1.28 bits per heavy atom. The average molecular weight is 287 g/mol. The summed E-state index contributed by atoms with van der Waals surface area (Å²) >= 11 is 7.10. The Bertz CT molecular complexity index is 452. The van der Waals surface area contributed by atoms with E-state index in [4.69, 9.17) is 11.6 Å². The SMILES string of the molecule is CNC(=O)CSCC(=O)Nc1ccc(Cl)cc1C. The predicted molar refractivity (Wildman–Crippen MR) is 76.2 cm³/mol. The Morgan fingerprint density at radius 3 is 2.56 bits per heavy atom. The zero-order valence-electron chi connectivity index (χ0n) is 10.2. The molecule has 0 unspecified atom stereocenters. The number of carbonyl (C=O) groups excluding carboxylic acids is 2. The van der Waals surface area contributed by atoms with Crippen molar-refractivity contribution < 1.29 is 9.59 Å². The van der Waals surface area contributed by atoms with Crippen LogP contribution in [0.15, 0.2) is 18.2 Å². The molecular weight excluding hydrogens is 272 g/mol. The lowest BCUT2D eigenvalue weighted by atomic mass is 10.2. The van der Waals surface area contributed by atoms with Gasteiger partial charge in [0.25, 0.3) is 0 Å². The molecule has 0 saturated heterocycles. The normalized spacial score (nSPS) is 9.94. The molecular formula is C12H15ClN2O2S. The summed E-state index contributed by atoms with van der Waals surface area (Å²) in [6.07, 6.45) is 0. The lowest BCUT2D eigenvalue weighted by Gasteiger charge is -2.08. The van der Waals surface area contributed by atoms with Gasteiger partial charge in [0.1, 0.15) is 0 Å². The van der Waals surface area contributed by atoms with Crippen LogP contribution in [0.3, 0.4) is 0 Å². The highest BCUT2D eigenvalue weighted by Crippen LogP contribution is 2.19. The van der Waals surface area contributed by atoms with Gasteiger partial charge in [-0.1, -0.05) is 11.6 Å². The lowest BCUT2D eigenvalue weighted by molar-refractivity contribution is -0.118. The summed E-state index contributed by atoms with van der Waals surface area (Å²) in [4.78, 5) is 22.6. The van der Waals surface area contributed by atoms with E-state index in [9.17, 15) is 9.59 Å². The number of halogens is 1. The Hall–Kier alpha value is -1.20. The number of hydrogen-bond donors (Lipinski definition) is 2.